The van der Waals surface area contributed by atoms with E-state index in [2.05, 4.69) is 5.10 Å². The van der Waals surface area contributed by atoms with Crippen molar-refractivity contribution in [3.8, 4) is 5.69 Å². The molecule has 23 heavy (non-hydrogen) atoms. The van der Waals surface area contributed by atoms with Gasteiger partial charge in [0.25, 0.3) is 5.91 Å². The number of likely N-dealkylation sites (tertiary alicyclic amines) is 1. The van der Waals surface area contributed by atoms with E-state index in [-0.39, 0.29) is 12.5 Å². The molecular formula is C17H19N3O3. The number of hydrogen-bond donors (Lipinski definition) is 1. The predicted molar refractivity (Wildman–Crippen MR) is 84.6 cm³/mol. The molecule has 1 aliphatic heterocycles. The van der Waals surface area contributed by atoms with Crippen molar-refractivity contribution in [1.82, 2.24) is 14.7 Å². The summed E-state index contributed by atoms with van der Waals surface area (Å²) in [6.45, 7) is 2.72. The van der Waals surface area contributed by atoms with Gasteiger partial charge in [-0.25, -0.2) is 4.68 Å². The zero-order chi connectivity index (χ0) is 16.4. The van der Waals surface area contributed by atoms with Gasteiger partial charge in [0.15, 0.2) is 0 Å². The van der Waals surface area contributed by atoms with Crippen LogP contribution in [0.1, 0.15) is 28.9 Å². The summed E-state index contributed by atoms with van der Waals surface area (Å²) < 4.78 is 1.73. The van der Waals surface area contributed by atoms with Crippen molar-refractivity contribution in [3.63, 3.8) is 0 Å². The largest absolute Gasteiger partial charge is 0.481 e. The Morgan fingerprint density at radius 2 is 2.00 bits per heavy atom. The summed E-state index contributed by atoms with van der Waals surface area (Å²) in [5, 5.41) is 13.5. The van der Waals surface area contributed by atoms with Gasteiger partial charge in [0.05, 0.1) is 29.1 Å². The van der Waals surface area contributed by atoms with Gasteiger partial charge in [-0.2, -0.15) is 5.10 Å². The number of nitrogens with zero attached hydrogens (tertiary/aromatic N) is 3. The SMILES string of the molecule is Cc1c(C(=O)N2CCC[C@@H](C(=O)O)C2)cnn1-c1ccccc1. The number of aliphatic carboxylic acids is 1. The maximum absolute atomic E-state index is 12.7. The van der Waals surface area contributed by atoms with E-state index in [9.17, 15) is 9.59 Å². The Labute approximate surface area is 134 Å². The van der Waals surface area contributed by atoms with Crippen LogP contribution in [-0.2, 0) is 4.79 Å². The van der Waals surface area contributed by atoms with Crippen LogP contribution >= 0.6 is 0 Å². The second kappa shape index (κ2) is 6.24. The molecule has 0 aliphatic carbocycles. The van der Waals surface area contributed by atoms with Crippen LogP contribution < -0.4 is 0 Å². The van der Waals surface area contributed by atoms with E-state index in [1.54, 1.807) is 15.8 Å². The smallest absolute Gasteiger partial charge is 0.308 e. The third-order valence-electron chi connectivity index (χ3n) is 4.30. The minimum Gasteiger partial charge on any atom is -0.481 e. The third kappa shape index (κ3) is 2.97. The van der Waals surface area contributed by atoms with Crippen LogP contribution in [-0.4, -0.2) is 44.8 Å². The van der Waals surface area contributed by atoms with Gasteiger partial charge in [0, 0.05) is 13.1 Å². The molecule has 2 aromatic rings. The average Bonchev–Trinajstić information content (AvgIpc) is 2.96. The number of benzene rings is 1. The third-order valence-corrected chi connectivity index (χ3v) is 4.30. The molecule has 1 N–H and O–H groups in total. The normalized spacial score (nSPS) is 18.0. The van der Waals surface area contributed by atoms with Gasteiger partial charge >= 0.3 is 5.97 Å². The van der Waals surface area contributed by atoms with Gasteiger partial charge in [-0.15, -0.1) is 0 Å². The Balaban J connectivity index is 1.83. The van der Waals surface area contributed by atoms with E-state index in [4.69, 9.17) is 5.11 Å². The first-order valence-electron chi connectivity index (χ1n) is 7.70. The molecule has 0 radical (unpaired) electrons. The van der Waals surface area contributed by atoms with Gasteiger partial charge in [-0.05, 0) is 31.9 Å². The molecule has 1 aromatic carbocycles. The highest BCUT2D eigenvalue weighted by atomic mass is 16.4. The van der Waals surface area contributed by atoms with E-state index in [1.807, 2.05) is 37.3 Å². The topological polar surface area (TPSA) is 75.4 Å². The number of carboxylic acid groups (broad SMARTS) is 1. The Bertz CT molecular complexity index is 724. The Morgan fingerprint density at radius 3 is 2.70 bits per heavy atom. The van der Waals surface area contributed by atoms with Crippen molar-refractivity contribution in [1.29, 1.82) is 0 Å². The number of hydrogen-bond acceptors (Lipinski definition) is 3. The Hall–Kier alpha value is -2.63. The first-order valence-corrected chi connectivity index (χ1v) is 7.70. The number of piperidine rings is 1. The van der Waals surface area contributed by atoms with Crippen LogP contribution in [0.4, 0.5) is 0 Å². The van der Waals surface area contributed by atoms with Crippen molar-refractivity contribution in [2.45, 2.75) is 19.8 Å². The summed E-state index contributed by atoms with van der Waals surface area (Å²) in [5.41, 5.74) is 2.18. The maximum atomic E-state index is 12.7. The monoisotopic (exact) mass is 313 g/mol. The van der Waals surface area contributed by atoms with Gasteiger partial charge in [0.2, 0.25) is 0 Å². The van der Waals surface area contributed by atoms with E-state index >= 15 is 0 Å². The lowest BCUT2D eigenvalue weighted by Crippen LogP contribution is -2.42. The van der Waals surface area contributed by atoms with Crippen LogP contribution in [0.2, 0.25) is 0 Å². The molecule has 1 saturated heterocycles. The molecule has 120 valence electrons. The van der Waals surface area contributed by atoms with Gasteiger partial charge in [-0.1, -0.05) is 18.2 Å². The zero-order valence-electron chi connectivity index (χ0n) is 13.0. The second-order valence-corrected chi connectivity index (χ2v) is 5.82. The van der Waals surface area contributed by atoms with E-state index in [0.29, 0.717) is 24.9 Å². The molecule has 3 rings (SSSR count). The quantitative estimate of drug-likeness (QED) is 0.942. The Morgan fingerprint density at radius 1 is 1.26 bits per heavy atom. The van der Waals surface area contributed by atoms with Crippen LogP contribution in [0.3, 0.4) is 0 Å². The van der Waals surface area contributed by atoms with Crippen LogP contribution in [0.15, 0.2) is 36.5 Å². The molecule has 1 fully saturated rings. The van der Waals surface area contributed by atoms with Crippen molar-refractivity contribution < 1.29 is 14.7 Å². The minimum atomic E-state index is -0.834. The molecule has 1 amide bonds. The van der Waals surface area contributed by atoms with E-state index in [0.717, 1.165) is 11.4 Å². The van der Waals surface area contributed by atoms with Crippen LogP contribution in [0.25, 0.3) is 5.69 Å². The number of rotatable bonds is 3. The molecule has 0 saturated carbocycles. The Kier molecular flexibility index (Phi) is 4.14. The average molecular weight is 313 g/mol. The number of carbonyl (C=O) groups excluding carboxylic acids is 1. The molecule has 0 unspecified atom stereocenters. The number of aromatic nitrogens is 2. The fraction of sp³-hybridized carbons (Fsp3) is 0.353. The van der Waals surface area contributed by atoms with Crippen molar-refractivity contribution in [2.75, 3.05) is 13.1 Å². The zero-order valence-corrected chi connectivity index (χ0v) is 13.0. The number of carboxylic acids is 1. The number of para-hydroxylation sites is 1. The lowest BCUT2D eigenvalue weighted by molar-refractivity contribution is -0.143. The summed E-state index contributed by atoms with van der Waals surface area (Å²) >= 11 is 0. The lowest BCUT2D eigenvalue weighted by atomic mass is 9.98. The molecule has 1 aliphatic rings. The van der Waals surface area contributed by atoms with E-state index < -0.39 is 11.9 Å². The van der Waals surface area contributed by atoms with Gasteiger partial charge in [0.1, 0.15) is 0 Å². The molecule has 1 atom stereocenters. The number of amides is 1. The molecular weight excluding hydrogens is 294 g/mol. The molecule has 0 bridgehead atoms. The van der Waals surface area contributed by atoms with Gasteiger partial charge < -0.3 is 10.0 Å². The van der Waals surface area contributed by atoms with Crippen LogP contribution in [0, 0.1) is 12.8 Å². The summed E-state index contributed by atoms with van der Waals surface area (Å²) in [4.78, 5) is 25.5. The van der Waals surface area contributed by atoms with Crippen molar-refractivity contribution in [2.24, 2.45) is 5.92 Å². The summed E-state index contributed by atoms with van der Waals surface area (Å²) in [5.74, 6) is -1.45. The van der Waals surface area contributed by atoms with E-state index in [1.165, 1.54) is 0 Å². The molecule has 1 aromatic heterocycles. The predicted octanol–water partition coefficient (Wildman–Crippen LogP) is 2.12. The molecule has 2 heterocycles. The van der Waals surface area contributed by atoms with Crippen molar-refractivity contribution in [3.05, 3.63) is 47.8 Å². The highest BCUT2D eigenvalue weighted by Crippen LogP contribution is 2.21. The molecule has 6 nitrogen and oxygen atoms in total. The lowest BCUT2D eigenvalue weighted by Gasteiger charge is -2.30. The van der Waals surface area contributed by atoms with Gasteiger partial charge in [-0.3, -0.25) is 9.59 Å². The highest BCUT2D eigenvalue weighted by molar-refractivity contribution is 5.95. The summed E-state index contributed by atoms with van der Waals surface area (Å²) in [6.07, 6.45) is 2.91. The summed E-state index contributed by atoms with van der Waals surface area (Å²) in [6, 6.07) is 9.61. The summed E-state index contributed by atoms with van der Waals surface area (Å²) in [7, 11) is 0. The second-order valence-electron chi connectivity index (χ2n) is 5.82. The fourth-order valence-corrected chi connectivity index (χ4v) is 2.98. The fourth-order valence-electron chi connectivity index (χ4n) is 2.98. The highest BCUT2D eigenvalue weighted by Gasteiger charge is 2.30. The van der Waals surface area contributed by atoms with Crippen LogP contribution in [0.5, 0.6) is 0 Å². The number of carbonyl (C=O) groups is 2. The first kappa shape index (κ1) is 15.3. The van der Waals surface area contributed by atoms with Crippen molar-refractivity contribution >= 4 is 11.9 Å². The molecule has 0 spiro atoms. The maximum Gasteiger partial charge on any atom is 0.308 e. The molecule has 6 heteroatoms. The first-order chi connectivity index (χ1) is 11.1. The minimum absolute atomic E-state index is 0.143. The standard InChI is InChI=1S/C17H19N3O3/c1-12-15(10-18-20(12)14-7-3-2-4-8-14)16(21)19-9-5-6-13(11-19)17(22)23/h2-4,7-8,10,13H,5-6,9,11H2,1H3,(H,22,23)/t13-/m1/s1.